The van der Waals surface area contributed by atoms with Crippen LogP contribution in [0.25, 0.3) is 0 Å². The molecule has 0 radical (unpaired) electrons. The topological polar surface area (TPSA) is 41.1 Å². The zero-order valence-corrected chi connectivity index (χ0v) is 13.2. The molecule has 2 aliphatic rings. The molecule has 5 heteroatoms. The highest BCUT2D eigenvalue weighted by molar-refractivity contribution is 6.30. The van der Waals surface area contributed by atoms with Gasteiger partial charge in [-0.3, -0.25) is 4.90 Å². The van der Waals surface area contributed by atoms with Crippen LogP contribution in [-0.4, -0.2) is 40.0 Å². The minimum atomic E-state index is 0.292. The minimum absolute atomic E-state index is 0.292. The van der Waals surface area contributed by atoms with Gasteiger partial charge in [-0.1, -0.05) is 25.4 Å². The molecule has 1 N–H and O–H groups in total. The molecular formula is C15H23ClN4. The third-order valence-corrected chi connectivity index (χ3v) is 4.92. The van der Waals surface area contributed by atoms with Crippen LogP contribution < -0.4 is 5.32 Å². The number of nitrogens with one attached hydrogen (secondary N) is 1. The van der Waals surface area contributed by atoms with E-state index in [9.17, 15) is 0 Å². The van der Waals surface area contributed by atoms with Crippen LogP contribution >= 0.6 is 11.6 Å². The molecule has 0 aliphatic carbocycles. The van der Waals surface area contributed by atoms with Crippen LogP contribution in [0.15, 0.2) is 0 Å². The Morgan fingerprint density at radius 3 is 2.80 bits per heavy atom. The molecule has 0 bridgehead atoms. The van der Waals surface area contributed by atoms with Crippen molar-refractivity contribution in [2.24, 2.45) is 0 Å². The van der Waals surface area contributed by atoms with E-state index in [0.717, 1.165) is 17.2 Å². The number of aromatic nitrogens is 2. The Hall–Kier alpha value is -0.870. The molecule has 2 saturated heterocycles. The van der Waals surface area contributed by atoms with Crippen LogP contribution in [0.4, 0.5) is 5.82 Å². The molecule has 1 aromatic heterocycles. The van der Waals surface area contributed by atoms with Crippen molar-refractivity contribution in [2.75, 3.05) is 18.4 Å². The van der Waals surface area contributed by atoms with Gasteiger partial charge in [0, 0.05) is 30.1 Å². The molecule has 3 rings (SSSR count). The van der Waals surface area contributed by atoms with Crippen molar-refractivity contribution in [3.05, 3.63) is 16.5 Å². The van der Waals surface area contributed by atoms with Crippen molar-refractivity contribution in [2.45, 2.75) is 58.0 Å². The van der Waals surface area contributed by atoms with Gasteiger partial charge in [-0.2, -0.15) is 0 Å². The normalized spacial score (nSPS) is 26.2. The second kappa shape index (κ2) is 5.49. The van der Waals surface area contributed by atoms with Crippen molar-refractivity contribution in [1.29, 1.82) is 0 Å². The zero-order valence-electron chi connectivity index (χ0n) is 12.5. The van der Waals surface area contributed by atoms with Gasteiger partial charge < -0.3 is 5.32 Å². The van der Waals surface area contributed by atoms with E-state index in [1.54, 1.807) is 0 Å². The van der Waals surface area contributed by atoms with Crippen molar-refractivity contribution < 1.29 is 0 Å². The molecular weight excluding hydrogens is 272 g/mol. The lowest BCUT2D eigenvalue weighted by molar-refractivity contribution is 0.318. The summed E-state index contributed by atoms with van der Waals surface area (Å²) in [6, 6.07) is 1.17. The fourth-order valence-corrected chi connectivity index (χ4v) is 3.51. The Morgan fingerprint density at radius 2 is 2.05 bits per heavy atom. The van der Waals surface area contributed by atoms with Crippen molar-refractivity contribution >= 4 is 17.4 Å². The Kier molecular flexibility index (Phi) is 3.87. The number of fused-ring (bicyclic) bond motifs is 1. The first-order valence-corrected chi connectivity index (χ1v) is 7.98. The number of hydrogen-bond donors (Lipinski definition) is 1. The third kappa shape index (κ3) is 2.51. The van der Waals surface area contributed by atoms with Gasteiger partial charge in [0.2, 0.25) is 0 Å². The Labute approximate surface area is 125 Å². The predicted molar refractivity (Wildman–Crippen MR) is 82.5 cm³/mol. The standard InChI is InChI=1S/C15H23ClN4/c1-9(2)14-18-13(16)10(3)15(19-14)17-11-6-8-20-7-4-5-12(11)20/h9,11-12H,4-8H2,1-3H3,(H,17,18,19). The van der Waals surface area contributed by atoms with E-state index in [4.69, 9.17) is 11.6 Å². The molecule has 2 unspecified atom stereocenters. The van der Waals surface area contributed by atoms with Gasteiger partial charge in [-0.05, 0) is 32.7 Å². The van der Waals surface area contributed by atoms with E-state index in [0.29, 0.717) is 23.2 Å². The zero-order chi connectivity index (χ0) is 14.3. The summed E-state index contributed by atoms with van der Waals surface area (Å²) < 4.78 is 0. The molecule has 2 fully saturated rings. The molecule has 2 aliphatic heterocycles. The maximum Gasteiger partial charge on any atom is 0.137 e. The van der Waals surface area contributed by atoms with Crippen LogP contribution in [-0.2, 0) is 0 Å². The fourth-order valence-electron chi connectivity index (χ4n) is 3.33. The van der Waals surface area contributed by atoms with E-state index in [1.165, 1.54) is 32.4 Å². The highest BCUT2D eigenvalue weighted by atomic mass is 35.5. The predicted octanol–water partition coefficient (Wildman–Crippen LogP) is 3.21. The van der Waals surface area contributed by atoms with Gasteiger partial charge in [-0.25, -0.2) is 9.97 Å². The first-order chi connectivity index (χ1) is 9.56. The summed E-state index contributed by atoms with van der Waals surface area (Å²) in [7, 11) is 0. The maximum absolute atomic E-state index is 6.26. The number of halogens is 1. The van der Waals surface area contributed by atoms with E-state index >= 15 is 0 Å². The summed E-state index contributed by atoms with van der Waals surface area (Å²) >= 11 is 6.26. The van der Waals surface area contributed by atoms with Gasteiger partial charge in [0.15, 0.2) is 0 Å². The smallest absolute Gasteiger partial charge is 0.137 e. The van der Waals surface area contributed by atoms with Gasteiger partial charge in [0.25, 0.3) is 0 Å². The number of nitrogens with zero attached hydrogens (tertiary/aromatic N) is 3. The quantitative estimate of drug-likeness (QED) is 0.869. The molecule has 0 amide bonds. The molecule has 110 valence electrons. The van der Waals surface area contributed by atoms with Crippen LogP contribution in [0, 0.1) is 6.92 Å². The summed E-state index contributed by atoms with van der Waals surface area (Å²) in [5, 5.41) is 4.22. The van der Waals surface area contributed by atoms with Gasteiger partial charge in [-0.15, -0.1) is 0 Å². The maximum atomic E-state index is 6.26. The monoisotopic (exact) mass is 294 g/mol. The average molecular weight is 295 g/mol. The van der Waals surface area contributed by atoms with E-state index in [2.05, 4.69) is 34.0 Å². The number of rotatable bonds is 3. The fraction of sp³-hybridized carbons (Fsp3) is 0.733. The highest BCUT2D eigenvalue weighted by Gasteiger charge is 2.37. The Balaban J connectivity index is 1.83. The molecule has 1 aromatic rings. The van der Waals surface area contributed by atoms with Gasteiger partial charge >= 0.3 is 0 Å². The lowest BCUT2D eigenvalue weighted by atomic mass is 10.1. The third-order valence-electron chi connectivity index (χ3n) is 4.55. The number of anilines is 1. The molecule has 2 atom stereocenters. The van der Waals surface area contributed by atoms with Gasteiger partial charge in [0.05, 0.1) is 0 Å². The van der Waals surface area contributed by atoms with E-state index < -0.39 is 0 Å². The second-order valence-corrected chi connectivity index (χ2v) is 6.64. The van der Waals surface area contributed by atoms with Gasteiger partial charge in [0.1, 0.15) is 16.8 Å². The van der Waals surface area contributed by atoms with Crippen LogP contribution in [0.2, 0.25) is 5.15 Å². The SMILES string of the molecule is Cc1c(Cl)nc(C(C)C)nc1NC1CCN2CCCC12. The van der Waals surface area contributed by atoms with E-state index in [1.807, 2.05) is 6.92 Å². The second-order valence-electron chi connectivity index (χ2n) is 6.29. The van der Waals surface area contributed by atoms with Crippen LogP contribution in [0.5, 0.6) is 0 Å². The average Bonchev–Trinajstić information content (AvgIpc) is 2.99. The summed E-state index contributed by atoms with van der Waals surface area (Å²) in [5.74, 6) is 2.04. The molecule has 0 aromatic carbocycles. The molecule has 0 spiro atoms. The van der Waals surface area contributed by atoms with Crippen molar-refractivity contribution in [3.63, 3.8) is 0 Å². The lowest BCUT2D eigenvalue weighted by Gasteiger charge is -2.23. The molecule has 20 heavy (non-hydrogen) atoms. The molecule has 4 nitrogen and oxygen atoms in total. The molecule has 0 saturated carbocycles. The lowest BCUT2D eigenvalue weighted by Crippen LogP contribution is -2.34. The largest absolute Gasteiger partial charge is 0.365 e. The first kappa shape index (κ1) is 14.1. The summed E-state index contributed by atoms with van der Waals surface area (Å²) in [6.45, 7) is 8.65. The first-order valence-electron chi connectivity index (χ1n) is 7.61. The Bertz CT molecular complexity index is 503. The molecule has 3 heterocycles. The highest BCUT2D eigenvalue weighted by Crippen LogP contribution is 2.31. The minimum Gasteiger partial charge on any atom is -0.365 e. The summed E-state index contributed by atoms with van der Waals surface area (Å²) in [6.07, 6.45) is 3.82. The number of hydrogen-bond acceptors (Lipinski definition) is 4. The summed E-state index contributed by atoms with van der Waals surface area (Å²) in [5.41, 5.74) is 0.965. The van der Waals surface area contributed by atoms with Crippen molar-refractivity contribution in [1.82, 2.24) is 14.9 Å². The van der Waals surface area contributed by atoms with Crippen LogP contribution in [0.1, 0.15) is 50.4 Å². The van der Waals surface area contributed by atoms with Crippen LogP contribution in [0.3, 0.4) is 0 Å². The Morgan fingerprint density at radius 1 is 1.25 bits per heavy atom. The summed E-state index contributed by atoms with van der Waals surface area (Å²) in [4.78, 5) is 11.7. The van der Waals surface area contributed by atoms with E-state index in [-0.39, 0.29) is 0 Å². The van der Waals surface area contributed by atoms with Crippen molar-refractivity contribution in [3.8, 4) is 0 Å².